The molecular formula is C24H26N4O2S. The number of methoxy groups -OCH3 is 2. The highest BCUT2D eigenvalue weighted by Gasteiger charge is 2.17. The number of hydrogen-bond donors (Lipinski definition) is 1. The van der Waals surface area contributed by atoms with E-state index >= 15 is 0 Å². The normalized spacial score (nSPS) is 11.0. The molecular weight excluding hydrogens is 408 g/mol. The highest BCUT2D eigenvalue weighted by molar-refractivity contribution is 7.98. The Morgan fingerprint density at radius 2 is 1.71 bits per heavy atom. The Hall–Kier alpha value is -3.19. The molecule has 0 radical (unpaired) electrons. The first-order valence-electron chi connectivity index (χ1n) is 10.00. The number of anilines is 1. The van der Waals surface area contributed by atoms with Crippen molar-refractivity contribution in [1.29, 1.82) is 0 Å². The van der Waals surface area contributed by atoms with Crippen LogP contribution in [0.2, 0.25) is 0 Å². The molecule has 0 aliphatic rings. The van der Waals surface area contributed by atoms with Gasteiger partial charge in [-0.2, -0.15) is 9.61 Å². The van der Waals surface area contributed by atoms with Crippen molar-refractivity contribution in [2.24, 2.45) is 0 Å². The maximum Gasteiger partial charge on any atom is 0.165 e. The fourth-order valence-corrected chi connectivity index (χ4v) is 4.04. The zero-order valence-corrected chi connectivity index (χ0v) is 19.2. The van der Waals surface area contributed by atoms with E-state index in [-0.39, 0.29) is 0 Å². The van der Waals surface area contributed by atoms with Crippen LogP contribution in [0.5, 0.6) is 11.5 Å². The van der Waals surface area contributed by atoms with Crippen LogP contribution in [-0.2, 0) is 6.54 Å². The second-order valence-electron chi connectivity index (χ2n) is 7.25. The predicted octanol–water partition coefficient (Wildman–Crippen LogP) is 5.36. The summed E-state index contributed by atoms with van der Waals surface area (Å²) in [4.78, 5) is 6.05. The lowest BCUT2D eigenvalue weighted by molar-refractivity contribution is 0.355. The van der Waals surface area contributed by atoms with Gasteiger partial charge in [-0.05, 0) is 55.5 Å². The number of ether oxygens (including phenoxy) is 2. The number of benzene rings is 2. The molecule has 7 heteroatoms. The molecule has 2 aromatic heterocycles. The third-order valence-electron chi connectivity index (χ3n) is 5.20. The van der Waals surface area contributed by atoms with Gasteiger partial charge < -0.3 is 14.8 Å². The van der Waals surface area contributed by atoms with Crippen LogP contribution in [-0.4, -0.2) is 35.1 Å². The van der Waals surface area contributed by atoms with Crippen LogP contribution in [0, 0.1) is 13.8 Å². The summed E-state index contributed by atoms with van der Waals surface area (Å²) in [6.45, 7) is 4.71. The summed E-state index contributed by atoms with van der Waals surface area (Å²) in [5, 5.41) is 8.31. The number of nitrogens with one attached hydrogen (secondary N) is 1. The lowest BCUT2D eigenvalue weighted by Gasteiger charge is -2.11. The van der Waals surface area contributed by atoms with E-state index in [1.807, 2.05) is 42.6 Å². The molecule has 1 N–H and O–H groups in total. The van der Waals surface area contributed by atoms with Crippen molar-refractivity contribution in [3.05, 3.63) is 65.5 Å². The molecule has 4 rings (SSSR count). The predicted molar refractivity (Wildman–Crippen MR) is 127 cm³/mol. The molecule has 0 fully saturated rings. The van der Waals surface area contributed by atoms with Crippen molar-refractivity contribution in [3.63, 3.8) is 0 Å². The van der Waals surface area contributed by atoms with E-state index in [9.17, 15) is 0 Å². The summed E-state index contributed by atoms with van der Waals surface area (Å²) in [5.41, 5.74) is 5.82. The van der Waals surface area contributed by atoms with Gasteiger partial charge in [0.25, 0.3) is 0 Å². The van der Waals surface area contributed by atoms with Crippen LogP contribution in [0.25, 0.3) is 16.8 Å². The third-order valence-corrected chi connectivity index (χ3v) is 5.94. The number of aryl methyl sites for hydroxylation is 2. The minimum Gasteiger partial charge on any atom is -0.493 e. The summed E-state index contributed by atoms with van der Waals surface area (Å²) >= 11 is 1.74. The van der Waals surface area contributed by atoms with Crippen molar-refractivity contribution in [2.75, 3.05) is 25.8 Å². The SMILES string of the molecule is COc1ccc(-c2c(C)nn3c(NCc4ccc(SC)cc4)cc(C)nc23)cc1OC. The van der Waals surface area contributed by atoms with Gasteiger partial charge in [-0.15, -0.1) is 11.8 Å². The lowest BCUT2D eigenvalue weighted by Crippen LogP contribution is -2.07. The van der Waals surface area contributed by atoms with Gasteiger partial charge in [-0.25, -0.2) is 4.98 Å². The van der Waals surface area contributed by atoms with Gasteiger partial charge in [0.05, 0.1) is 19.9 Å². The zero-order chi connectivity index (χ0) is 22.0. The van der Waals surface area contributed by atoms with E-state index in [0.29, 0.717) is 18.0 Å². The van der Waals surface area contributed by atoms with E-state index in [0.717, 1.165) is 34.0 Å². The van der Waals surface area contributed by atoms with E-state index in [1.54, 1.807) is 26.0 Å². The number of hydrogen-bond acceptors (Lipinski definition) is 6. The molecule has 0 spiro atoms. The molecule has 0 bridgehead atoms. The largest absolute Gasteiger partial charge is 0.493 e. The van der Waals surface area contributed by atoms with Crippen LogP contribution in [0.15, 0.2) is 53.4 Å². The van der Waals surface area contributed by atoms with Crippen LogP contribution in [0.3, 0.4) is 0 Å². The van der Waals surface area contributed by atoms with E-state index < -0.39 is 0 Å². The smallest absolute Gasteiger partial charge is 0.165 e. The molecule has 0 aliphatic carbocycles. The summed E-state index contributed by atoms with van der Waals surface area (Å²) < 4.78 is 12.8. The second kappa shape index (κ2) is 8.89. The van der Waals surface area contributed by atoms with Gasteiger partial charge >= 0.3 is 0 Å². The Labute approximate surface area is 186 Å². The van der Waals surface area contributed by atoms with Gasteiger partial charge in [0.1, 0.15) is 5.82 Å². The minimum atomic E-state index is 0.679. The fraction of sp³-hybridized carbons (Fsp3) is 0.250. The third kappa shape index (κ3) is 4.18. The molecule has 160 valence electrons. The molecule has 2 heterocycles. The minimum absolute atomic E-state index is 0.679. The average molecular weight is 435 g/mol. The van der Waals surface area contributed by atoms with Crippen molar-refractivity contribution >= 4 is 23.2 Å². The Bertz CT molecular complexity index is 1220. The molecule has 31 heavy (non-hydrogen) atoms. The average Bonchev–Trinajstić information content (AvgIpc) is 3.12. The molecule has 0 saturated carbocycles. The van der Waals surface area contributed by atoms with E-state index in [1.165, 1.54) is 10.5 Å². The van der Waals surface area contributed by atoms with Crippen molar-refractivity contribution in [3.8, 4) is 22.6 Å². The van der Waals surface area contributed by atoms with Gasteiger partial charge in [0.15, 0.2) is 17.1 Å². The number of fused-ring (bicyclic) bond motifs is 1. The molecule has 0 unspecified atom stereocenters. The topological polar surface area (TPSA) is 60.7 Å². The highest BCUT2D eigenvalue weighted by Crippen LogP contribution is 2.35. The molecule has 0 atom stereocenters. The van der Waals surface area contributed by atoms with Crippen molar-refractivity contribution in [2.45, 2.75) is 25.3 Å². The number of nitrogens with zero attached hydrogens (tertiary/aromatic N) is 3. The Morgan fingerprint density at radius 3 is 2.39 bits per heavy atom. The molecule has 4 aromatic rings. The monoisotopic (exact) mass is 434 g/mol. The van der Waals surface area contributed by atoms with Gasteiger partial charge in [-0.3, -0.25) is 0 Å². The number of thioether (sulfide) groups is 1. The highest BCUT2D eigenvalue weighted by atomic mass is 32.2. The summed E-state index contributed by atoms with van der Waals surface area (Å²) in [6, 6.07) is 16.5. The van der Waals surface area contributed by atoms with Crippen LogP contribution >= 0.6 is 11.8 Å². The number of aromatic nitrogens is 3. The molecule has 0 amide bonds. The fourth-order valence-electron chi connectivity index (χ4n) is 3.64. The molecule has 0 aliphatic heterocycles. The van der Waals surface area contributed by atoms with Crippen molar-refractivity contribution in [1.82, 2.24) is 14.6 Å². The van der Waals surface area contributed by atoms with Crippen LogP contribution < -0.4 is 14.8 Å². The van der Waals surface area contributed by atoms with Gasteiger partial charge in [0, 0.05) is 28.8 Å². The van der Waals surface area contributed by atoms with Gasteiger partial charge in [0.2, 0.25) is 0 Å². The van der Waals surface area contributed by atoms with Crippen molar-refractivity contribution < 1.29 is 9.47 Å². The summed E-state index contributed by atoms with van der Waals surface area (Å²) in [6.07, 6.45) is 2.08. The van der Waals surface area contributed by atoms with Crippen LogP contribution in [0.1, 0.15) is 17.0 Å². The Balaban J connectivity index is 1.73. The Morgan fingerprint density at radius 1 is 0.968 bits per heavy atom. The molecule has 0 saturated heterocycles. The second-order valence-corrected chi connectivity index (χ2v) is 8.13. The maximum atomic E-state index is 5.49. The first-order valence-corrected chi connectivity index (χ1v) is 11.2. The first-order chi connectivity index (χ1) is 15.0. The molecule has 2 aromatic carbocycles. The van der Waals surface area contributed by atoms with Gasteiger partial charge in [-0.1, -0.05) is 18.2 Å². The Kier molecular flexibility index (Phi) is 6.04. The quantitative estimate of drug-likeness (QED) is 0.395. The van der Waals surface area contributed by atoms with Crippen LogP contribution in [0.4, 0.5) is 5.82 Å². The summed E-state index contributed by atoms with van der Waals surface area (Å²) in [5.74, 6) is 2.28. The number of rotatable bonds is 7. The molecule has 6 nitrogen and oxygen atoms in total. The zero-order valence-electron chi connectivity index (χ0n) is 18.4. The summed E-state index contributed by atoms with van der Waals surface area (Å²) in [7, 11) is 3.27. The lowest BCUT2D eigenvalue weighted by atomic mass is 10.1. The standard InChI is InChI=1S/C24H26N4O2S/c1-15-12-22(25-14-17-6-9-19(31-5)10-7-17)28-24(26-15)23(16(2)27-28)18-8-11-20(29-3)21(13-18)30-4/h6-13,25H,14H2,1-5H3. The maximum absolute atomic E-state index is 5.49. The van der Waals surface area contributed by atoms with E-state index in [2.05, 4.69) is 35.8 Å². The van der Waals surface area contributed by atoms with E-state index in [4.69, 9.17) is 19.6 Å². The first kappa shape index (κ1) is 21.1.